The Morgan fingerprint density at radius 1 is 0.269 bits per heavy atom. The molecule has 0 spiro atoms. The number of ketones is 13. The highest BCUT2D eigenvalue weighted by molar-refractivity contribution is 8.00. The van der Waals surface area contributed by atoms with Crippen LogP contribution in [0.4, 0.5) is 0 Å². The van der Waals surface area contributed by atoms with E-state index in [0.717, 1.165) is 0 Å². The molecule has 0 aliphatic rings. The summed E-state index contributed by atoms with van der Waals surface area (Å²) in [5, 5.41) is 89.1. The number of carbonyl (C=O) groups excluding carboxylic acids is 13. The number of ether oxygens (including phenoxy) is 2. The molecule has 0 aromatic carbocycles. The van der Waals surface area contributed by atoms with E-state index >= 15 is 0 Å². The van der Waals surface area contributed by atoms with Crippen molar-refractivity contribution in [3.63, 3.8) is 0 Å². The van der Waals surface area contributed by atoms with E-state index < -0.39 is 126 Å². The van der Waals surface area contributed by atoms with Crippen molar-refractivity contribution in [2.24, 2.45) is 57.3 Å². The van der Waals surface area contributed by atoms with Gasteiger partial charge in [0.1, 0.15) is 137 Å². The normalized spacial score (nSPS) is 12.4. The van der Waals surface area contributed by atoms with Gasteiger partial charge in [-0.2, -0.15) is 23.5 Å². The maximum atomic E-state index is 11.0. The van der Waals surface area contributed by atoms with Crippen molar-refractivity contribution in [1.82, 2.24) is 10.6 Å². The molecule has 0 saturated carbocycles. The first-order chi connectivity index (χ1) is 54.5. The molecule has 0 radical (unpaired) electrons. The topological polar surface area (TPSA) is 898 Å². The number of carboxylic acid groups (broad SMARTS) is 10. The molecule has 10 atom stereocenters. The highest BCUT2D eigenvalue weighted by atomic mass is 32.2. The van der Waals surface area contributed by atoms with Gasteiger partial charge in [0.25, 0.3) is 0 Å². The van der Waals surface area contributed by atoms with E-state index in [1.807, 2.05) is 0 Å². The second-order valence-corrected chi connectivity index (χ2v) is 27.5. The van der Waals surface area contributed by atoms with Gasteiger partial charge in [0.2, 0.25) is 0 Å². The number of carbonyl (C=O) groups is 23. The Hall–Kier alpha value is -9.45. The molecule has 32 N–H and O–H groups in total. The third-order valence-corrected chi connectivity index (χ3v) is 14.8. The van der Waals surface area contributed by atoms with E-state index in [4.69, 9.17) is 108 Å². The molecule has 0 aliphatic heterocycles. The fourth-order valence-electron chi connectivity index (χ4n) is 6.28. The molecule has 0 heterocycles. The summed E-state index contributed by atoms with van der Waals surface area (Å²) in [6.07, 6.45) is 3.10. The first-order valence-corrected chi connectivity index (χ1v) is 37.9. The molecule has 49 heteroatoms. The number of nitrogens with two attached hydrogens (primary N) is 10. The Kier molecular flexibility index (Phi) is 91.5. The summed E-state index contributed by atoms with van der Waals surface area (Å²) in [6.45, 7) is 15.2. The number of hydrogen-bond acceptors (Lipinski definition) is 39. The lowest BCUT2D eigenvalue weighted by atomic mass is 10.1. The number of hydrogen-bond donors (Lipinski definition) is 22. The Morgan fingerprint density at radius 2 is 0.538 bits per heavy atom. The number of aliphatic carboxylic acids is 10. The van der Waals surface area contributed by atoms with Crippen LogP contribution < -0.4 is 68.0 Å². The van der Waals surface area contributed by atoms with Crippen LogP contribution in [0.25, 0.3) is 0 Å². The first-order valence-electron chi connectivity index (χ1n) is 35.6. The summed E-state index contributed by atoms with van der Waals surface area (Å²) in [4.78, 5) is 239. The van der Waals surface area contributed by atoms with Crippen LogP contribution in [0.3, 0.4) is 0 Å². The lowest BCUT2D eigenvalue weighted by Gasteiger charge is -2.05. The zero-order valence-corrected chi connectivity index (χ0v) is 70.3. The molecule has 0 saturated heterocycles. The minimum Gasteiger partial charge on any atom is -0.480 e. The number of Topliss-reactive ketones (excluding diaryl/α,β-unsaturated/α-hetero) is 13. The van der Waals surface area contributed by atoms with Gasteiger partial charge < -0.3 is 133 Å². The molecule has 688 valence electrons. The van der Waals surface area contributed by atoms with E-state index in [1.54, 1.807) is 0 Å². The molecule has 119 heavy (non-hydrogen) atoms. The number of nitrogens with one attached hydrogen (secondary N) is 2. The smallest absolute Gasteiger partial charge is 0.322 e. The fourth-order valence-corrected chi connectivity index (χ4v) is 7.88. The van der Waals surface area contributed by atoms with Crippen LogP contribution in [0, 0.1) is 0 Å². The van der Waals surface area contributed by atoms with Crippen LogP contribution in [-0.4, -0.2) is 322 Å². The second-order valence-electron chi connectivity index (χ2n) is 25.5. The lowest BCUT2D eigenvalue weighted by Crippen LogP contribution is -2.35. The standard InChI is InChI=1S/C9H15NO4.C8H16N2O3.C8H13NO4.C7H14N2O3.C7H11NO4.C7H13NO3.2C6H11NO4.2C6H11NO3S/c1-6(11)5-7(12)3-2-4-8(10)9(13)14;1-6(11)5-10-4-2-3-7(9)8(12)13;1-5(10)4-6(11)2-3-7(9)8(12)13;1-5(10)4-9-3-2-6(8)7(11)12;1-4(9)2-5(10)3-6(8)7(11)12;1-5(9)3-2-4-6(8)7(10)11;4*1-4(8)2-11-3-5(7)6(9)10/h8H,2-5,10H2,1H3,(H,13,14);7,10H,2-5,9H2,1H3,(H,12,13);7H,2-4,9H2,1H3,(H,12,13);6,9H,2-4,8H2,1H3,(H,11,12);6H,2-3,8H2,1H3,(H,11,12);6H,2-4,8H2,1H3,(H,10,11);4*5H,2-3,7H2,1H3,(H,9,10). The molecule has 0 aliphatic carbocycles. The van der Waals surface area contributed by atoms with Crippen molar-refractivity contribution >= 4 is 158 Å². The summed E-state index contributed by atoms with van der Waals surface area (Å²) in [7, 11) is 0. The van der Waals surface area contributed by atoms with Gasteiger partial charge in [0.15, 0.2) is 11.6 Å². The summed E-state index contributed by atoms with van der Waals surface area (Å²) in [6, 6.07) is -9.41. The van der Waals surface area contributed by atoms with Gasteiger partial charge in [0, 0.05) is 37.2 Å². The van der Waals surface area contributed by atoms with Crippen LogP contribution in [0.2, 0.25) is 0 Å². The predicted molar refractivity (Wildman–Crippen MR) is 429 cm³/mol. The van der Waals surface area contributed by atoms with Gasteiger partial charge in [-0.05, 0) is 134 Å². The monoisotopic (exact) mass is 1760 g/mol. The van der Waals surface area contributed by atoms with Gasteiger partial charge in [0.05, 0.1) is 57.1 Å². The Balaban J connectivity index is -0.000000139. The van der Waals surface area contributed by atoms with Gasteiger partial charge >= 0.3 is 59.7 Å². The van der Waals surface area contributed by atoms with E-state index in [0.29, 0.717) is 76.1 Å². The molecule has 0 amide bonds. The lowest BCUT2D eigenvalue weighted by molar-refractivity contribution is -0.141. The molecular formula is C70H126N12O35S2. The maximum absolute atomic E-state index is 11.0. The third-order valence-electron chi connectivity index (χ3n) is 12.4. The van der Waals surface area contributed by atoms with Crippen LogP contribution in [-0.2, 0) is 120 Å². The number of thioether (sulfide) groups is 2. The van der Waals surface area contributed by atoms with Gasteiger partial charge in [-0.3, -0.25) is 105 Å². The first kappa shape index (κ1) is 130. The highest BCUT2D eigenvalue weighted by Gasteiger charge is 2.20. The molecule has 0 aromatic heterocycles. The minimum atomic E-state index is -1.23. The zero-order valence-electron chi connectivity index (χ0n) is 68.6. The molecule has 0 fully saturated rings. The second kappa shape index (κ2) is 83.6. The molecular weight excluding hydrogens is 1630 g/mol. The average Bonchev–Trinajstić information content (AvgIpc) is 0.954. The number of carboxylic acids is 10. The van der Waals surface area contributed by atoms with Crippen molar-refractivity contribution in [2.75, 3.05) is 75.6 Å². The van der Waals surface area contributed by atoms with Crippen LogP contribution in [0.1, 0.15) is 166 Å². The van der Waals surface area contributed by atoms with Crippen molar-refractivity contribution < 1.29 is 171 Å². The summed E-state index contributed by atoms with van der Waals surface area (Å²) in [5.41, 5.74) is 51.6. The van der Waals surface area contributed by atoms with Crippen LogP contribution >= 0.6 is 23.5 Å². The Bertz CT molecular complexity index is 2940. The summed E-state index contributed by atoms with van der Waals surface area (Å²) >= 11 is 2.48. The average molecular weight is 1760 g/mol. The fraction of sp³-hybridized carbons (Fsp3) is 0.671. The largest absolute Gasteiger partial charge is 0.480 e. The van der Waals surface area contributed by atoms with Gasteiger partial charge in [-0.15, -0.1) is 0 Å². The van der Waals surface area contributed by atoms with Crippen LogP contribution in [0.5, 0.6) is 0 Å². The Labute approximate surface area is 696 Å². The zero-order chi connectivity index (χ0) is 95.4. The van der Waals surface area contributed by atoms with Crippen molar-refractivity contribution in [3.8, 4) is 0 Å². The maximum Gasteiger partial charge on any atom is 0.322 e. The van der Waals surface area contributed by atoms with E-state index in [1.165, 1.54) is 92.8 Å². The number of rotatable bonds is 56. The molecule has 0 rings (SSSR count). The third kappa shape index (κ3) is 117. The molecule has 47 nitrogen and oxygen atoms in total. The highest BCUT2D eigenvalue weighted by Crippen LogP contribution is 2.06. The van der Waals surface area contributed by atoms with Crippen LogP contribution in [0.15, 0.2) is 0 Å². The summed E-state index contributed by atoms with van der Waals surface area (Å²) < 4.78 is 9.33. The molecule has 0 bridgehead atoms. The quantitative estimate of drug-likeness (QED) is 0.0200. The molecule has 0 aromatic rings. The van der Waals surface area contributed by atoms with Gasteiger partial charge in [-0.25, -0.2) is 0 Å². The Morgan fingerprint density at radius 3 is 0.815 bits per heavy atom. The van der Waals surface area contributed by atoms with E-state index in [2.05, 4.69) is 20.1 Å². The summed E-state index contributed by atoms with van der Waals surface area (Å²) in [5.74, 6) is -11.1. The minimum absolute atomic E-state index is 0.0268. The van der Waals surface area contributed by atoms with Crippen molar-refractivity contribution in [2.45, 2.75) is 226 Å². The van der Waals surface area contributed by atoms with E-state index in [9.17, 15) is 110 Å². The SMILES string of the molecule is CC(=O)CC(=O)CC(N)C(=O)O.CC(=O)CC(=O)CCC(N)C(=O)O.CC(=O)CC(=O)CCCC(N)C(=O)O.CC(=O)CCCC(N)C(=O)O.CC(=O)CNCCC(N)C(=O)O.CC(=O)CNCCCC(N)C(=O)O.CC(=O)COCC(N)C(=O)O.CC(=O)COCC(N)C(=O)O.CC(=O)CSCC(N)C(=O)O.CC(=O)CSCC(N)C(=O)O. The molecule has 10 unspecified atom stereocenters. The predicted octanol–water partition coefficient (Wildman–Crippen LogP) is -4.89. The van der Waals surface area contributed by atoms with E-state index in [-0.39, 0.29) is 165 Å². The van der Waals surface area contributed by atoms with Gasteiger partial charge in [-0.1, -0.05) is 0 Å². The van der Waals surface area contributed by atoms with Crippen molar-refractivity contribution in [1.29, 1.82) is 0 Å². The van der Waals surface area contributed by atoms with Crippen molar-refractivity contribution in [3.05, 3.63) is 0 Å².